The third-order valence-electron chi connectivity index (χ3n) is 10.5. The van der Waals surface area contributed by atoms with Gasteiger partial charge in [-0.2, -0.15) is 0 Å². The van der Waals surface area contributed by atoms with E-state index in [1.54, 1.807) is 6.08 Å². The highest BCUT2D eigenvalue weighted by Crippen LogP contribution is 2.14. The minimum absolute atomic E-state index is 0.0810. The lowest BCUT2D eigenvalue weighted by molar-refractivity contribution is -0.123. The van der Waals surface area contributed by atoms with Crippen molar-refractivity contribution in [3.8, 4) is 0 Å². The summed E-state index contributed by atoms with van der Waals surface area (Å²) in [5.74, 6) is -0.0810. The maximum Gasteiger partial charge on any atom is 0.220 e. The number of nitrogens with one attached hydrogen (secondary N) is 1. The molecule has 1 amide bonds. The van der Waals surface area contributed by atoms with Gasteiger partial charge in [0.1, 0.15) is 0 Å². The molecule has 0 bridgehead atoms. The van der Waals surface area contributed by atoms with E-state index in [1.807, 2.05) is 6.08 Å². The van der Waals surface area contributed by atoms with Gasteiger partial charge >= 0.3 is 0 Å². The second-order valence-electron chi connectivity index (χ2n) is 15.8. The molecule has 0 aromatic carbocycles. The van der Waals surface area contributed by atoms with Crippen molar-refractivity contribution in [1.82, 2.24) is 5.32 Å². The highest BCUT2D eigenvalue weighted by Gasteiger charge is 2.17. The number of hydrogen-bond donors (Lipinski definition) is 3. The number of carbonyl (C=O) groups is 1. The third kappa shape index (κ3) is 41.3. The number of amides is 1. The Kier molecular flexibility index (Phi) is 43.9. The van der Waals surface area contributed by atoms with Crippen LogP contribution in [0.2, 0.25) is 0 Å². The summed E-state index contributed by atoms with van der Waals surface area (Å²) >= 11 is 0. The summed E-state index contributed by atoms with van der Waals surface area (Å²) in [5.41, 5.74) is 0. The average molecular weight is 754 g/mol. The lowest BCUT2D eigenvalue weighted by atomic mass is 10.0. The molecule has 0 spiro atoms. The van der Waals surface area contributed by atoms with Crippen molar-refractivity contribution in [3.05, 3.63) is 60.8 Å². The predicted octanol–water partition coefficient (Wildman–Crippen LogP) is 14.9. The number of rotatable bonds is 42. The zero-order chi connectivity index (χ0) is 39.3. The summed E-state index contributed by atoms with van der Waals surface area (Å²) in [6, 6.07) is -0.648. The Morgan fingerprint density at radius 1 is 0.444 bits per heavy atom. The topological polar surface area (TPSA) is 69.6 Å². The van der Waals surface area contributed by atoms with Crippen LogP contribution in [-0.2, 0) is 4.79 Å². The predicted molar refractivity (Wildman–Crippen MR) is 239 cm³/mol. The minimum Gasteiger partial charge on any atom is -0.394 e. The van der Waals surface area contributed by atoms with Crippen LogP contribution in [0.25, 0.3) is 0 Å². The molecule has 4 heteroatoms. The summed E-state index contributed by atoms with van der Waals surface area (Å²) in [5, 5.41) is 23.0. The number of allylic oxidation sites excluding steroid dienone is 9. The van der Waals surface area contributed by atoms with E-state index in [0.717, 1.165) is 44.9 Å². The molecule has 0 aliphatic carbocycles. The van der Waals surface area contributed by atoms with Gasteiger partial charge < -0.3 is 15.5 Å². The van der Waals surface area contributed by atoms with Crippen molar-refractivity contribution in [2.24, 2.45) is 0 Å². The standard InChI is InChI=1S/C50H91NO3/c1-3-5-7-9-11-13-15-17-19-21-23-24-25-26-28-30-32-34-36-38-40-42-44-46-50(54)51-48(47-52)49(53)45-43-41-39-37-35-33-31-29-27-22-20-18-16-14-12-10-8-6-4-2/h15,17,21,23,27,29,35,37,43,45,48-49,52-53H,3-14,16,18-20,22,24-26,28,30-34,36,38-42,44,46-47H2,1-2H3,(H,51,54)/b17-15-,23-21-,29-27+,37-35+,45-43+. The van der Waals surface area contributed by atoms with Gasteiger partial charge in [-0.3, -0.25) is 4.79 Å². The molecule has 0 aliphatic heterocycles. The van der Waals surface area contributed by atoms with Gasteiger partial charge in [0.05, 0.1) is 18.8 Å². The Balaban J connectivity index is 3.62. The first-order valence-electron chi connectivity index (χ1n) is 23.5. The minimum atomic E-state index is -0.872. The molecule has 3 N–H and O–H groups in total. The Labute approximate surface area is 336 Å². The zero-order valence-corrected chi connectivity index (χ0v) is 36.0. The van der Waals surface area contributed by atoms with Gasteiger partial charge in [-0.15, -0.1) is 0 Å². The van der Waals surface area contributed by atoms with E-state index >= 15 is 0 Å². The number of unbranched alkanes of at least 4 members (excludes halogenated alkanes) is 27. The zero-order valence-electron chi connectivity index (χ0n) is 36.0. The van der Waals surface area contributed by atoms with E-state index in [1.165, 1.54) is 167 Å². The van der Waals surface area contributed by atoms with Crippen LogP contribution in [0.15, 0.2) is 60.8 Å². The first-order chi connectivity index (χ1) is 26.7. The molecule has 0 radical (unpaired) electrons. The molecule has 0 aliphatic rings. The molecular formula is C50H91NO3. The summed E-state index contributed by atoms with van der Waals surface area (Å²) in [6.07, 6.45) is 63.4. The van der Waals surface area contributed by atoms with Crippen molar-refractivity contribution in [3.63, 3.8) is 0 Å². The van der Waals surface area contributed by atoms with E-state index in [0.29, 0.717) is 6.42 Å². The Hall–Kier alpha value is -1.91. The molecule has 54 heavy (non-hydrogen) atoms. The second-order valence-corrected chi connectivity index (χ2v) is 15.8. The monoisotopic (exact) mass is 754 g/mol. The Morgan fingerprint density at radius 3 is 1.19 bits per heavy atom. The number of hydrogen-bond acceptors (Lipinski definition) is 3. The first-order valence-corrected chi connectivity index (χ1v) is 23.5. The fraction of sp³-hybridized carbons (Fsp3) is 0.780. The summed E-state index contributed by atoms with van der Waals surface area (Å²) in [6.45, 7) is 4.28. The normalized spacial score (nSPS) is 13.5. The number of aliphatic hydroxyl groups is 2. The van der Waals surface area contributed by atoms with Crippen LogP contribution < -0.4 is 5.32 Å². The SMILES string of the molecule is CCCCCCC/C=C\C/C=C\CCCCCCCCCCCCCC(=O)NC(CO)C(O)/C=C/CC/C=C/CC/C=C/CCCCCCCCCCC. The van der Waals surface area contributed by atoms with Crippen molar-refractivity contribution in [1.29, 1.82) is 0 Å². The highest BCUT2D eigenvalue weighted by atomic mass is 16.3. The molecule has 0 aromatic rings. The van der Waals surface area contributed by atoms with Crippen LogP contribution in [0.1, 0.15) is 232 Å². The van der Waals surface area contributed by atoms with Crippen LogP contribution in [0, 0.1) is 0 Å². The fourth-order valence-corrected chi connectivity index (χ4v) is 6.83. The first kappa shape index (κ1) is 52.1. The van der Waals surface area contributed by atoms with Gasteiger partial charge in [0.25, 0.3) is 0 Å². The van der Waals surface area contributed by atoms with Crippen LogP contribution in [0.4, 0.5) is 0 Å². The van der Waals surface area contributed by atoms with Gasteiger partial charge in [-0.25, -0.2) is 0 Å². The Morgan fingerprint density at radius 2 is 0.778 bits per heavy atom. The Bertz CT molecular complexity index is 904. The molecule has 0 fully saturated rings. The lowest BCUT2D eigenvalue weighted by Gasteiger charge is -2.19. The van der Waals surface area contributed by atoms with Gasteiger partial charge in [0.2, 0.25) is 5.91 Å². The van der Waals surface area contributed by atoms with Crippen LogP contribution >= 0.6 is 0 Å². The summed E-state index contributed by atoms with van der Waals surface area (Å²) in [4.78, 5) is 12.4. The van der Waals surface area contributed by atoms with Crippen molar-refractivity contribution in [2.45, 2.75) is 244 Å². The van der Waals surface area contributed by atoms with Crippen molar-refractivity contribution < 1.29 is 15.0 Å². The summed E-state index contributed by atoms with van der Waals surface area (Å²) in [7, 11) is 0. The lowest BCUT2D eigenvalue weighted by Crippen LogP contribution is -2.45. The van der Waals surface area contributed by atoms with Gasteiger partial charge in [-0.05, 0) is 77.0 Å². The van der Waals surface area contributed by atoms with Gasteiger partial charge in [0, 0.05) is 6.42 Å². The maximum absolute atomic E-state index is 12.4. The van der Waals surface area contributed by atoms with Crippen LogP contribution in [0.3, 0.4) is 0 Å². The number of carbonyl (C=O) groups excluding carboxylic acids is 1. The molecule has 4 nitrogen and oxygen atoms in total. The number of aliphatic hydroxyl groups excluding tert-OH is 2. The van der Waals surface area contributed by atoms with E-state index in [2.05, 4.69) is 67.8 Å². The fourth-order valence-electron chi connectivity index (χ4n) is 6.83. The van der Waals surface area contributed by atoms with E-state index in [-0.39, 0.29) is 12.5 Å². The molecule has 0 rings (SSSR count). The average Bonchev–Trinajstić information content (AvgIpc) is 3.18. The molecule has 314 valence electrons. The molecule has 0 aromatic heterocycles. The third-order valence-corrected chi connectivity index (χ3v) is 10.5. The largest absolute Gasteiger partial charge is 0.394 e. The van der Waals surface area contributed by atoms with E-state index in [4.69, 9.17) is 0 Å². The molecule has 0 heterocycles. The van der Waals surface area contributed by atoms with Gasteiger partial charge in [0.15, 0.2) is 0 Å². The molecule has 0 saturated heterocycles. The molecule has 0 saturated carbocycles. The molecule has 2 atom stereocenters. The van der Waals surface area contributed by atoms with Crippen molar-refractivity contribution in [2.75, 3.05) is 6.61 Å². The molecule has 2 unspecified atom stereocenters. The summed E-state index contributed by atoms with van der Waals surface area (Å²) < 4.78 is 0. The quantitative estimate of drug-likeness (QED) is 0.0429. The van der Waals surface area contributed by atoms with Crippen LogP contribution in [0.5, 0.6) is 0 Å². The van der Waals surface area contributed by atoms with E-state index in [9.17, 15) is 15.0 Å². The van der Waals surface area contributed by atoms with Gasteiger partial charge in [-0.1, -0.05) is 209 Å². The highest BCUT2D eigenvalue weighted by molar-refractivity contribution is 5.76. The molecular weight excluding hydrogens is 663 g/mol. The second kappa shape index (κ2) is 45.5. The van der Waals surface area contributed by atoms with Crippen molar-refractivity contribution >= 4 is 5.91 Å². The smallest absolute Gasteiger partial charge is 0.220 e. The van der Waals surface area contributed by atoms with Crippen LogP contribution in [-0.4, -0.2) is 34.9 Å². The van der Waals surface area contributed by atoms with E-state index < -0.39 is 12.1 Å². The maximum atomic E-state index is 12.4.